The molecule has 2 amide bonds. The SMILES string of the molecule is O=C(Nc1ccc(-c2nc3ccc(NC(=O)[C@@H]4C[C@H]4c4ccccc4)cc3[nH]2)cc1)C1CC1.c1ccccc1. The van der Waals surface area contributed by atoms with Crippen LogP contribution in [0.5, 0.6) is 0 Å². The third-order valence-electron chi connectivity index (χ3n) is 7.15. The van der Waals surface area contributed by atoms with Crippen LogP contribution in [0.4, 0.5) is 11.4 Å². The fourth-order valence-corrected chi connectivity index (χ4v) is 4.70. The Kier molecular flexibility index (Phi) is 6.91. The van der Waals surface area contributed by atoms with Gasteiger partial charge in [-0.25, -0.2) is 4.98 Å². The van der Waals surface area contributed by atoms with Crippen LogP contribution in [0.2, 0.25) is 0 Å². The molecule has 1 aromatic heterocycles. The van der Waals surface area contributed by atoms with Crippen LogP contribution in [-0.2, 0) is 9.59 Å². The molecular weight excluding hydrogens is 484 g/mol. The van der Waals surface area contributed by atoms with Crippen LogP contribution in [-0.4, -0.2) is 21.8 Å². The lowest BCUT2D eigenvalue weighted by molar-refractivity contribution is -0.118. The molecule has 4 aromatic carbocycles. The van der Waals surface area contributed by atoms with Crippen LogP contribution in [0.15, 0.2) is 109 Å². The number of hydrogen-bond acceptors (Lipinski definition) is 3. The van der Waals surface area contributed by atoms with Crippen LogP contribution >= 0.6 is 0 Å². The van der Waals surface area contributed by atoms with Crippen LogP contribution in [0.25, 0.3) is 22.4 Å². The van der Waals surface area contributed by atoms with E-state index < -0.39 is 0 Å². The summed E-state index contributed by atoms with van der Waals surface area (Å²) in [6, 6.07) is 35.6. The summed E-state index contributed by atoms with van der Waals surface area (Å²) in [6.07, 6.45) is 2.86. The van der Waals surface area contributed by atoms with Gasteiger partial charge in [-0.3, -0.25) is 9.59 Å². The maximum atomic E-state index is 12.7. The Labute approximate surface area is 227 Å². The van der Waals surface area contributed by atoms with Gasteiger partial charge in [0.15, 0.2) is 0 Å². The van der Waals surface area contributed by atoms with Gasteiger partial charge in [-0.1, -0.05) is 66.7 Å². The predicted octanol–water partition coefficient (Wildman–Crippen LogP) is 7.01. The molecule has 3 N–H and O–H groups in total. The van der Waals surface area contributed by atoms with Crippen molar-refractivity contribution in [3.63, 3.8) is 0 Å². The Morgan fingerprint density at radius 2 is 1.33 bits per heavy atom. The van der Waals surface area contributed by atoms with E-state index in [9.17, 15) is 9.59 Å². The van der Waals surface area contributed by atoms with Crippen LogP contribution in [0.1, 0.15) is 30.7 Å². The van der Waals surface area contributed by atoms with Gasteiger partial charge >= 0.3 is 0 Å². The lowest BCUT2D eigenvalue weighted by Crippen LogP contribution is -2.14. The average molecular weight is 515 g/mol. The summed E-state index contributed by atoms with van der Waals surface area (Å²) in [5.74, 6) is 1.43. The molecular formula is C33H30N4O2. The Balaban J connectivity index is 0.000000410. The number of nitrogens with one attached hydrogen (secondary N) is 3. The van der Waals surface area contributed by atoms with E-state index in [0.717, 1.165) is 53.1 Å². The zero-order valence-electron chi connectivity index (χ0n) is 21.5. The van der Waals surface area contributed by atoms with Crippen molar-refractivity contribution in [1.82, 2.24) is 9.97 Å². The number of hydrogen-bond donors (Lipinski definition) is 3. The van der Waals surface area contributed by atoms with Gasteiger partial charge in [-0.05, 0) is 73.2 Å². The number of nitrogens with zero attached hydrogens (tertiary/aromatic N) is 1. The third-order valence-corrected chi connectivity index (χ3v) is 7.15. The summed E-state index contributed by atoms with van der Waals surface area (Å²) >= 11 is 0. The number of fused-ring (bicyclic) bond motifs is 1. The molecule has 7 rings (SSSR count). The smallest absolute Gasteiger partial charge is 0.228 e. The third kappa shape index (κ3) is 6.07. The zero-order chi connectivity index (χ0) is 26.6. The number of imidazole rings is 1. The van der Waals surface area contributed by atoms with Crippen molar-refractivity contribution < 1.29 is 9.59 Å². The summed E-state index contributed by atoms with van der Waals surface area (Å²) in [6.45, 7) is 0. The number of aromatic nitrogens is 2. The van der Waals surface area contributed by atoms with Gasteiger partial charge in [-0.2, -0.15) is 0 Å². The van der Waals surface area contributed by atoms with Crippen LogP contribution in [0, 0.1) is 11.8 Å². The van der Waals surface area contributed by atoms with Crippen molar-refractivity contribution in [2.45, 2.75) is 25.2 Å². The molecule has 0 bridgehead atoms. The summed E-state index contributed by atoms with van der Waals surface area (Å²) in [5.41, 5.74) is 5.42. The van der Waals surface area contributed by atoms with Gasteiger partial charge in [0.2, 0.25) is 11.8 Å². The van der Waals surface area contributed by atoms with Crippen molar-refractivity contribution in [3.8, 4) is 11.4 Å². The van der Waals surface area contributed by atoms with E-state index in [1.165, 1.54) is 5.56 Å². The number of aromatic amines is 1. The maximum absolute atomic E-state index is 12.7. The van der Waals surface area contributed by atoms with Gasteiger partial charge in [0.1, 0.15) is 5.82 Å². The number of benzene rings is 4. The average Bonchev–Trinajstić information content (AvgIpc) is 3.91. The molecule has 2 saturated carbocycles. The molecule has 6 heteroatoms. The number of rotatable bonds is 6. The van der Waals surface area contributed by atoms with Crippen molar-refractivity contribution in [3.05, 3.63) is 115 Å². The van der Waals surface area contributed by atoms with E-state index >= 15 is 0 Å². The molecule has 2 aliphatic rings. The number of H-pyrrole nitrogens is 1. The van der Waals surface area contributed by atoms with Gasteiger partial charge in [-0.15, -0.1) is 0 Å². The van der Waals surface area contributed by atoms with Gasteiger partial charge < -0.3 is 15.6 Å². The minimum atomic E-state index is 0.0272. The van der Waals surface area contributed by atoms with Crippen molar-refractivity contribution in [2.24, 2.45) is 11.8 Å². The lowest BCUT2D eigenvalue weighted by atomic mass is 10.1. The maximum Gasteiger partial charge on any atom is 0.228 e. The normalized spacial score (nSPS) is 17.5. The van der Waals surface area contributed by atoms with Gasteiger partial charge in [0, 0.05) is 28.8 Å². The highest BCUT2D eigenvalue weighted by molar-refractivity contribution is 5.97. The molecule has 1 heterocycles. The Hall–Kier alpha value is -4.71. The zero-order valence-corrected chi connectivity index (χ0v) is 21.5. The number of anilines is 2. The minimum absolute atomic E-state index is 0.0272. The second kappa shape index (κ2) is 11.0. The number of amides is 2. The van der Waals surface area contributed by atoms with Crippen molar-refractivity contribution in [2.75, 3.05) is 10.6 Å². The summed E-state index contributed by atoms with van der Waals surface area (Å²) in [5, 5.41) is 6.01. The van der Waals surface area contributed by atoms with E-state index in [2.05, 4.69) is 32.7 Å². The van der Waals surface area contributed by atoms with E-state index in [0.29, 0.717) is 5.92 Å². The highest BCUT2D eigenvalue weighted by Gasteiger charge is 2.43. The van der Waals surface area contributed by atoms with Crippen molar-refractivity contribution in [1.29, 1.82) is 0 Å². The second-order valence-corrected chi connectivity index (χ2v) is 10.2. The summed E-state index contributed by atoms with van der Waals surface area (Å²) < 4.78 is 0. The first-order chi connectivity index (χ1) is 19.1. The molecule has 6 nitrogen and oxygen atoms in total. The molecule has 5 aromatic rings. The lowest BCUT2D eigenvalue weighted by Gasteiger charge is -2.05. The molecule has 0 aliphatic heterocycles. The number of carbonyl (C=O) groups is 2. The molecule has 2 atom stereocenters. The monoisotopic (exact) mass is 514 g/mol. The topological polar surface area (TPSA) is 86.9 Å². The first-order valence-electron chi connectivity index (χ1n) is 13.4. The summed E-state index contributed by atoms with van der Waals surface area (Å²) in [7, 11) is 0. The van der Waals surface area contributed by atoms with Gasteiger partial charge in [0.05, 0.1) is 11.0 Å². The Morgan fingerprint density at radius 1 is 0.718 bits per heavy atom. The Morgan fingerprint density at radius 3 is 2.00 bits per heavy atom. The largest absolute Gasteiger partial charge is 0.338 e. The highest BCUT2D eigenvalue weighted by atomic mass is 16.2. The molecule has 2 aliphatic carbocycles. The summed E-state index contributed by atoms with van der Waals surface area (Å²) in [4.78, 5) is 32.7. The molecule has 2 fully saturated rings. The second-order valence-electron chi connectivity index (χ2n) is 10.2. The molecule has 194 valence electrons. The molecule has 0 radical (unpaired) electrons. The van der Waals surface area contributed by atoms with E-state index in [1.807, 2.05) is 97.1 Å². The first kappa shape index (κ1) is 24.6. The fourth-order valence-electron chi connectivity index (χ4n) is 4.70. The minimum Gasteiger partial charge on any atom is -0.338 e. The molecule has 0 unspecified atom stereocenters. The van der Waals surface area contributed by atoms with E-state index in [4.69, 9.17) is 0 Å². The van der Waals surface area contributed by atoms with Gasteiger partial charge in [0.25, 0.3) is 0 Å². The molecule has 39 heavy (non-hydrogen) atoms. The Bertz CT molecular complexity index is 1550. The van der Waals surface area contributed by atoms with Crippen LogP contribution < -0.4 is 10.6 Å². The van der Waals surface area contributed by atoms with Crippen LogP contribution in [0.3, 0.4) is 0 Å². The standard InChI is InChI=1S/C27H24N4O2.C6H6/c32-26(18-6-7-18)28-19-10-8-17(9-11-19)25-30-23-13-12-20(14-24(23)31-25)29-27(33)22-15-21(22)16-4-2-1-3-5-16;1-2-4-6-5-3-1/h1-5,8-14,18,21-22H,6-7,15H2,(H,28,32)(H,29,33)(H,30,31);1-6H/t21-,22+;/m0./s1. The molecule has 0 spiro atoms. The fraction of sp³-hybridized carbons (Fsp3) is 0.182. The first-order valence-corrected chi connectivity index (χ1v) is 13.4. The van der Waals surface area contributed by atoms with E-state index in [-0.39, 0.29) is 23.7 Å². The quantitative estimate of drug-likeness (QED) is 0.228. The molecule has 0 saturated heterocycles. The predicted molar refractivity (Wildman–Crippen MR) is 155 cm³/mol. The number of carbonyl (C=O) groups excluding carboxylic acids is 2. The highest BCUT2D eigenvalue weighted by Crippen LogP contribution is 2.47. The van der Waals surface area contributed by atoms with E-state index in [1.54, 1.807) is 0 Å². The van der Waals surface area contributed by atoms with Crippen molar-refractivity contribution >= 4 is 34.2 Å².